The van der Waals surface area contributed by atoms with Crippen molar-refractivity contribution >= 4 is 39.4 Å². The van der Waals surface area contributed by atoms with Crippen molar-refractivity contribution in [1.29, 1.82) is 0 Å². The molecule has 30 heavy (non-hydrogen) atoms. The van der Waals surface area contributed by atoms with E-state index in [2.05, 4.69) is 4.99 Å². The van der Waals surface area contributed by atoms with Crippen LogP contribution in [0.15, 0.2) is 41.4 Å². The topological polar surface area (TPSA) is 87.0 Å². The summed E-state index contributed by atoms with van der Waals surface area (Å²) in [5, 5.41) is 0. The number of amides is 1. The highest BCUT2D eigenvalue weighted by atomic mass is 32.1. The lowest BCUT2D eigenvalue weighted by Crippen LogP contribution is -2.22. The quantitative estimate of drug-likeness (QED) is 0.586. The lowest BCUT2D eigenvalue weighted by Gasteiger charge is -2.05. The van der Waals surface area contributed by atoms with Crippen LogP contribution in [0, 0.1) is 13.8 Å². The maximum absolute atomic E-state index is 12.7. The summed E-state index contributed by atoms with van der Waals surface area (Å²) in [6.07, 6.45) is 0.159. The maximum atomic E-state index is 12.7. The van der Waals surface area contributed by atoms with E-state index in [-0.39, 0.29) is 18.9 Å². The van der Waals surface area contributed by atoms with Gasteiger partial charge in [-0.25, -0.2) is 4.79 Å². The minimum atomic E-state index is -0.464. The maximum Gasteiger partial charge on any atom is 0.337 e. The number of carbonyl (C=O) groups is 3. The van der Waals surface area contributed by atoms with Crippen LogP contribution in [0.5, 0.6) is 0 Å². The molecule has 3 rings (SSSR count). The summed E-state index contributed by atoms with van der Waals surface area (Å²) in [6, 6.07) is 10.9. The van der Waals surface area contributed by atoms with E-state index < -0.39 is 11.9 Å². The molecule has 0 saturated heterocycles. The van der Waals surface area contributed by atoms with Crippen LogP contribution in [-0.2, 0) is 32.0 Å². The molecule has 0 aliphatic rings. The Balaban J connectivity index is 2.05. The van der Waals surface area contributed by atoms with E-state index in [1.807, 2.05) is 32.0 Å². The molecular formula is C22H22N2O5S. The SMILES string of the molecule is COC(=O)Cn1c(=NC(=O)Cc2ccc(C)cc2C)sc2cc(C(=O)OC)ccc21. The van der Waals surface area contributed by atoms with Gasteiger partial charge in [-0.2, -0.15) is 4.99 Å². The molecule has 0 spiro atoms. The van der Waals surface area contributed by atoms with Gasteiger partial charge in [0.25, 0.3) is 5.91 Å². The van der Waals surface area contributed by atoms with Crippen LogP contribution >= 0.6 is 11.3 Å². The number of nitrogens with zero attached hydrogens (tertiary/aromatic N) is 2. The molecule has 1 heterocycles. The fraction of sp³-hybridized carbons (Fsp3) is 0.273. The van der Waals surface area contributed by atoms with E-state index in [0.717, 1.165) is 16.7 Å². The molecular weight excluding hydrogens is 404 g/mol. The third-order valence-electron chi connectivity index (χ3n) is 4.68. The van der Waals surface area contributed by atoms with Crippen LogP contribution in [0.2, 0.25) is 0 Å². The summed E-state index contributed by atoms with van der Waals surface area (Å²) in [4.78, 5) is 41.0. The lowest BCUT2D eigenvalue weighted by atomic mass is 10.0. The van der Waals surface area contributed by atoms with E-state index in [0.29, 0.717) is 20.6 Å². The molecule has 1 aromatic heterocycles. The molecule has 0 unspecified atom stereocenters. The second-order valence-electron chi connectivity index (χ2n) is 6.83. The fourth-order valence-corrected chi connectivity index (χ4v) is 4.19. The number of carbonyl (C=O) groups excluding carboxylic acids is 3. The Morgan fingerprint density at radius 1 is 1.03 bits per heavy atom. The van der Waals surface area contributed by atoms with Gasteiger partial charge in [0.15, 0.2) is 4.80 Å². The van der Waals surface area contributed by atoms with Gasteiger partial charge < -0.3 is 14.0 Å². The number of thiazole rings is 1. The number of fused-ring (bicyclic) bond motifs is 1. The van der Waals surface area contributed by atoms with Crippen LogP contribution in [-0.4, -0.2) is 36.6 Å². The number of hydrogen-bond donors (Lipinski definition) is 0. The van der Waals surface area contributed by atoms with Gasteiger partial charge in [0, 0.05) is 0 Å². The van der Waals surface area contributed by atoms with Gasteiger partial charge in [-0.05, 0) is 43.2 Å². The molecule has 0 aliphatic carbocycles. The Bertz CT molecular complexity index is 1210. The molecule has 7 nitrogen and oxygen atoms in total. The summed E-state index contributed by atoms with van der Waals surface area (Å²) in [7, 11) is 2.61. The minimum absolute atomic E-state index is 0.0935. The molecule has 0 fully saturated rings. The Hall–Kier alpha value is -3.26. The Morgan fingerprint density at radius 3 is 2.47 bits per heavy atom. The van der Waals surface area contributed by atoms with Gasteiger partial charge in [0.05, 0.1) is 36.4 Å². The number of rotatable bonds is 5. The highest BCUT2D eigenvalue weighted by Gasteiger charge is 2.15. The Labute approximate surface area is 177 Å². The molecule has 156 valence electrons. The van der Waals surface area contributed by atoms with E-state index in [1.54, 1.807) is 22.8 Å². The first-order valence-electron chi connectivity index (χ1n) is 9.24. The van der Waals surface area contributed by atoms with E-state index in [9.17, 15) is 14.4 Å². The average molecular weight is 426 g/mol. The summed E-state index contributed by atoms with van der Waals surface area (Å²) in [6.45, 7) is 3.86. The van der Waals surface area contributed by atoms with Gasteiger partial charge in [-0.1, -0.05) is 35.1 Å². The normalized spacial score (nSPS) is 11.5. The van der Waals surface area contributed by atoms with Crippen molar-refractivity contribution in [1.82, 2.24) is 4.57 Å². The summed E-state index contributed by atoms with van der Waals surface area (Å²) in [5.41, 5.74) is 4.12. The minimum Gasteiger partial charge on any atom is -0.468 e. The first kappa shape index (κ1) is 21.4. The van der Waals surface area contributed by atoms with E-state index in [1.165, 1.54) is 25.6 Å². The summed E-state index contributed by atoms with van der Waals surface area (Å²) in [5.74, 6) is -1.25. The predicted molar refractivity (Wildman–Crippen MR) is 113 cm³/mol. The zero-order chi connectivity index (χ0) is 21.8. The van der Waals surface area contributed by atoms with Gasteiger partial charge in [0.2, 0.25) is 0 Å². The summed E-state index contributed by atoms with van der Waals surface area (Å²) < 4.78 is 11.9. The first-order valence-corrected chi connectivity index (χ1v) is 10.1. The molecule has 0 bridgehead atoms. The van der Waals surface area contributed by atoms with Gasteiger partial charge in [-0.15, -0.1) is 0 Å². The number of methoxy groups -OCH3 is 2. The standard InChI is InChI=1S/C22H22N2O5S/c1-13-5-6-15(14(2)9-13)11-19(25)23-22-24(12-20(26)28-3)17-8-7-16(21(27)29-4)10-18(17)30-22/h5-10H,11-12H2,1-4H3. The molecule has 0 aliphatic heterocycles. The van der Waals surface area contributed by atoms with E-state index >= 15 is 0 Å². The van der Waals surface area contributed by atoms with Gasteiger partial charge in [-0.3, -0.25) is 9.59 Å². The summed E-state index contributed by atoms with van der Waals surface area (Å²) >= 11 is 1.22. The molecule has 0 saturated carbocycles. The molecule has 8 heteroatoms. The molecule has 1 amide bonds. The number of hydrogen-bond acceptors (Lipinski definition) is 6. The predicted octanol–water partition coefficient (Wildman–Crippen LogP) is 2.95. The number of esters is 2. The molecule has 0 N–H and O–H groups in total. The molecule has 0 radical (unpaired) electrons. The van der Waals surface area contributed by atoms with Crippen molar-refractivity contribution < 1.29 is 23.9 Å². The fourth-order valence-electron chi connectivity index (χ4n) is 3.10. The number of aromatic nitrogens is 1. The smallest absolute Gasteiger partial charge is 0.337 e. The number of benzene rings is 2. The van der Waals surface area contributed by atoms with Crippen molar-refractivity contribution in [2.24, 2.45) is 4.99 Å². The molecule has 3 aromatic rings. The van der Waals surface area contributed by atoms with Gasteiger partial charge >= 0.3 is 11.9 Å². The van der Waals surface area contributed by atoms with Crippen LogP contribution < -0.4 is 4.80 Å². The Kier molecular flexibility index (Phi) is 6.47. The molecule has 0 atom stereocenters. The van der Waals surface area contributed by atoms with Crippen LogP contribution in [0.4, 0.5) is 0 Å². The molecule has 2 aromatic carbocycles. The van der Waals surface area contributed by atoms with Crippen molar-refractivity contribution in [3.8, 4) is 0 Å². The first-order chi connectivity index (χ1) is 14.3. The van der Waals surface area contributed by atoms with E-state index in [4.69, 9.17) is 9.47 Å². The highest BCUT2D eigenvalue weighted by Crippen LogP contribution is 2.20. The van der Waals surface area contributed by atoms with Crippen molar-refractivity contribution in [3.63, 3.8) is 0 Å². The van der Waals surface area contributed by atoms with Crippen LogP contribution in [0.1, 0.15) is 27.0 Å². The third-order valence-corrected chi connectivity index (χ3v) is 5.72. The zero-order valence-corrected chi connectivity index (χ0v) is 18.0. The largest absolute Gasteiger partial charge is 0.468 e. The van der Waals surface area contributed by atoms with Crippen LogP contribution in [0.3, 0.4) is 0 Å². The Morgan fingerprint density at radius 2 is 1.80 bits per heavy atom. The number of ether oxygens (including phenoxy) is 2. The van der Waals surface area contributed by atoms with Crippen LogP contribution in [0.25, 0.3) is 10.2 Å². The van der Waals surface area contributed by atoms with Gasteiger partial charge in [0.1, 0.15) is 6.54 Å². The van der Waals surface area contributed by atoms with Crippen molar-refractivity contribution in [2.45, 2.75) is 26.8 Å². The second-order valence-corrected chi connectivity index (χ2v) is 7.84. The number of aryl methyl sites for hydroxylation is 2. The third kappa shape index (κ3) is 4.65. The highest BCUT2D eigenvalue weighted by molar-refractivity contribution is 7.16. The van der Waals surface area contributed by atoms with Crippen molar-refractivity contribution in [3.05, 3.63) is 63.5 Å². The monoisotopic (exact) mass is 426 g/mol. The average Bonchev–Trinajstić information content (AvgIpc) is 3.05. The lowest BCUT2D eigenvalue weighted by molar-refractivity contribution is -0.141. The van der Waals surface area contributed by atoms with Crippen molar-refractivity contribution in [2.75, 3.05) is 14.2 Å². The zero-order valence-electron chi connectivity index (χ0n) is 17.2. The second kappa shape index (κ2) is 9.04.